The smallest absolute Gasteiger partial charge is 0.368 e. The van der Waals surface area contributed by atoms with Crippen LogP contribution in [0.4, 0.5) is 0 Å². The van der Waals surface area contributed by atoms with Gasteiger partial charge in [-0.2, -0.15) is 0 Å². The van der Waals surface area contributed by atoms with Crippen molar-refractivity contribution in [2.24, 2.45) is 0 Å². The number of rotatable bonds is 8. The summed E-state index contributed by atoms with van der Waals surface area (Å²) in [4.78, 5) is 6.58. The van der Waals surface area contributed by atoms with E-state index in [1.54, 1.807) is 0 Å². The van der Waals surface area contributed by atoms with E-state index in [0.717, 1.165) is 13.0 Å². The van der Waals surface area contributed by atoms with Crippen LogP contribution in [-0.2, 0) is 8.85 Å². The standard InChI is InChI=1S/C10H26N2O2Si/c1-7-8-12-15(11-6,13-9(2)3)14-10(4)5/h9-12H,7-8H2,1-6H3. The predicted octanol–water partition coefficient (Wildman–Crippen LogP) is 1.49. The van der Waals surface area contributed by atoms with Crippen LogP contribution in [0.2, 0.25) is 0 Å². The van der Waals surface area contributed by atoms with Crippen LogP contribution in [-0.4, -0.2) is 34.7 Å². The quantitative estimate of drug-likeness (QED) is 0.625. The molecule has 15 heavy (non-hydrogen) atoms. The fourth-order valence-corrected chi connectivity index (χ4v) is 3.81. The maximum atomic E-state index is 5.89. The maximum absolute atomic E-state index is 5.89. The summed E-state index contributed by atoms with van der Waals surface area (Å²) in [6.45, 7) is 11.1. The van der Waals surface area contributed by atoms with Crippen LogP contribution >= 0.6 is 0 Å². The molecule has 0 spiro atoms. The van der Waals surface area contributed by atoms with Gasteiger partial charge in [0, 0.05) is 12.2 Å². The van der Waals surface area contributed by atoms with Crippen LogP contribution in [0.3, 0.4) is 0 Å². The van der Waals surface area contributed by atoms with E-state index in [9.17, 15) is 0 Å². The molecule has 0 amide bonds. The van der Waals surface area contributed by atoms with E-state index in [4.69, 9.17) is 8.85 Å². The molecular formula is C10H26N2O2Si. The number of nitrogens with one attached hydrogen (secondary N) is 2. The molecule has 0 unspecified atom stereocenters. The van der Waals surface area contributed by atoms with Gasteiger partial charge in [-0.05, 0) is 47.7 Å². The van der Waals surface area contributed by atoms with Gasteiger partial charge < -0.3 is 8.85 Å². The first-order valence-corrected chi connectivity index (χ1v) is 7.57. The molecule has 0 fully saturated rings. The van der Waals surface area contributed by atoms with E-state index in [0.29, 0.717) is 0 Å². The molecule has 5 heteroatoms. The summed E-state index contributed by atoms with van der Waals surface area (Å²) >= 11 is 0. The summed E-state index contributed by atoms with van der Waals surface area (Å²) in [5.74, 6) is 0. The highest BCUT2D eigenvalue weighted by atomic mass is 28.4. The molecule has 0 aromatic carbocycles. The van der Waals surface area contributed by atoms with E-state index < -0.39 is 8.88 Å². The lowest BCUT2D eigenvalue weighted by molar-refractivity contribution is 0.0885. The second-order valence-corrected chi connectivity index (χ2v) is 6.68. The average Bonchev–Trinajstić information content (AvgIpc) is 2.12. The van der Waals surface area contributed by atoms with Crippen molar-refractivity contribution in [3.63, 3.8) is 0 Å². The lowest BCUT2D eigenvalue weighted by Gasteiger charge is -2.33. The van der Waals surface area contributed by atoms with Gasteiger partial charge >= 0.3 is 8.88 Å². The fraction of sp³-hybridized carbons (Fsp3) is 1.00. The van der Waals surface area contributed by atoms with Gasteiger partial charge in [0.1, 0.15) is 0 Å². The Morgan fingerprint density at radius 2 is 1.53 bits per heavy atom. The van der Waals surface area contributed by atoms with E-state index >= 15 is 0 Å². The number of hydrogen-bond donors (Lipinski definition) is 2. The summed E-state index contributed by atoms with van der Waals surface area (Å²) in [6.07, 6.45) is 1.39. The average molecular weight is 234 g/mol. The van der Waals surface area contributed by atoms with Gasteiger partial charge in [0.2, 0.25) is 0 Å². The maximum Gasteiger partial charge on any atom is 0.517 e. The first-order chi connectivity index (χ1) is 6.95. The zero-order chi connectivity index (χ0) is 11.9. The Morgan fingerprint density at radius 1 is 1.07 bits per heavy atom. The molecule has 92 valence electrons. The van der Waals surface area contributed by atoms with Gasteiger partial charge in [0.25, 0.3) is 0 Å². The lowest BCUT2D eigenvalue weighted by Crippen LogP contribution is -2.67. The summed E-state index contributed by atoms with van der Waals surface area (Å²) in [7, 11) is -0.528. The van der Waals surface area contributed by atoms with Crippen molar-refractivity contribution in [1.29, 1.82) is 0 Å². The van der Waals surface area contributed by atoms with Crippen molar-refractivity contribution >= 4 is 8.88 Å². The van der Waals surface area contributed by atoms with Crippen LogP contribution in [0, 0.1) is 0 Å². The number of hydrogen-bond acceptors (Lipinski definition) is 4. The molecule has 0 aromatic heterocycles. The lowest BCUT2D eigenvalue weighted by atomic mass is 10.5. The molecule has 0 saturated carbocycles. The highest BCUT2D eigenvalue weighted by Gasteiger charge is 2.39. The molecule has 0 bridgehead atoms. The van der Waals surface area contributed by atoms with Crippen molar-refractivity contribution in [3.05, 3.63) is 0 Å². The molecule has 0 aromatic rings. The SMILES string of the molecule is CCCN[Si](NC)(OC(C)C)OC(C)C. The van der Waals surface area contributed by atoms with Crippen LogP contribution < -0.4 is 9.96 Å². The molecule has 0 heterocycles. The van der Waals surface area contributed by atoms with Crippen molar-refractivity contribution < 1.29 is 8.85 Å². The van der Waals surface area contributed by atoms with Gasteiger partial charge in [0.15, 0.2) is 0 Å². The van der Waals surface area contributed by atoms with E-state index in [-0.39, 0.29) is 12.2 Å². The molecule has 2 N–H and O–H groups in total. The highest BCUT2D eigenvalue weighted by molar-refractivity contribution is 6.62. The Balaban J connectivity index is 4.44. The zero-order valence-electron chi connectivity index (χ0n) is 10.9. The van der Waals surface area contributed by atoms with Crippen LogP contribution in [0.15, 0.2) is 0 Å². The minimum atomic E-state index is -2.42. The highest BCUT2D eigenvalue weighted by Crippen LogP contribution is 2.07. The second kappa shape index (κ2) is 7.35. The summed E-state index contributed by atoms with van der Waals surface area (Å²) in [5, 5.41) is 0. The predicted molar refractivity (Wildman–Crippen MR) is 65.5 cm³/mol. The van der Waals surface area contributed by atoms with Gasteiger partial charge in [-0.1, -0.05) is 6.92 Å². The Hall–Kier alpha value is 0.0569. The normalized spacial score (nSPS) is 12.8. The summed E-state index contributed by atoms with van der Waals surface area (Å²) < 4.78 is 11.8. The van der Waals surface area contributed by atoms with E-state index in [1.807, 2.05) is 34.7 Å². The van der Waals surface area contributed by atoms with Gasteiger partial charge in [0.05, 0.1) is 0 Å². The largest absolute Gasteiger partial charge is 0.517 e. The molecule has 0 radical (unpaired) electrons. The third kappa shape index (κ3) is 6.27. The Bertz CT molecular complexity index is 156. The van der Waals surface area contributed by atoms with Gasteiger partial charge in [-0.3, -0.25) is 9.96 Å². The van der Waals surface area contributed by atoms with Gasteiger partial charge in [-0.15, -0.1) is 0 Å². The van der Waals surface area contributed by atoms with Crippen molar-refractivity contribution in [1.82, 2.24) is 9.96 Å². The molecule has 0 saturated heterocycles. The third-order valence-corrected chi connectivity index (χ3v) is 4.72. The van der Waals surface area contributed by atoms with E-state index in [2.05, 4.69) is 16.9 Å². The topological polar surface area (TPSA) is 42.5 Å². The second-order valence-electron chi connectivity index (χ2n) is 4.13. The van der Waals surface area contributed by atoms with E-state index in [1.165, 1.54) is 0 Å². The van der Waals surface area contributed by atoms with Crippen LogP contribution in [0.25, 0.3) is 0 Å². The summed E-state index contributed by atoms with van der Waals surface area (Å²) in [5.41, 5.74) is 0. The molecule has 0 aliphatic carbocycles. The van der Waals surface area contributed by atoms with Crippen molar-refractivity contribution in [3.8, 4) is 0 Å². The Kier molecular flexibility index (Phi) is 7.38. The van der Waals surface area contributed by atoms with Crippen LogP contribution in [0.1, 0.15) is 41.0 Å². The molecule has 0 aliphatic heterocycles. The van der Waals surface area contributed by atoms with Crippen molar-refractivity contribution in [2.75, 3.05) is 13.6 Å². The Morgan fingerprint density at radius 3 is 1.80 bits per heavy atom. The third-order valence-electron chi connectivity index (χ3n) is 1.74. The van der Waals surface area contributed by atoms with Gasteiger partial charge in [-0.25, -0.2) is 0 Å². The first kappa shape index (κ1) is 15.1. The minimum absolute atomic E-state index is 0.159. The van der Waals surface area contributed by atoms with Crippen LogP contribution in [0.5, 0.6) is 0 Å². The minimum Gasteiger partial charge on any atom is -0.368 e. The van der Waals surface area contributed by atoms with Crippen molar-refractivity contribution in [2.45, 2.75) is 53.2 Å². The Labute approximate surface area is 95.1 Å². The molecule has 0 rings (SSSR count). The summed E-state index contributed by atoms with van der Waals surface area (Å²) in [6, 6.07) is 0. The zero-order valence-corrected chi connectivity index (χ0v) is 11.9. The monoisotopic (exact) mass is 234 g/mol. The molecular weight excluding hydrogens is 208 g/mol. The molecule has 0 atom stereocenters. The first-order valence-electron chi connectivity index (χ1n) is 5.75. The molecule has 4 nitrogen and oxygen atoms in total. The fourth-order valence-electron chi connectivity index (χ4n) is 1.27. The molecule has 0 aliphatic rings.